The lowest BCUT2D eigenvalue weighted by molar-refractivity contribution is 1.16. The van der Waals surface area contributed by atoms with E-state index in [1.165, 1.54) is 0 Å². The van der Waals surface area contributed by atoms with Gasteiger partial charge in [0.05, 0.1) is 20.8 Å². The van der Waals surface area contributed by atoms with Crippen LogP contribution in [0.25, 0.3) is 0 Å². The summed E-state index contributed by atoms with van der Waals surface area (Å²) in [4.78, 5) is 4.35. The van der Waals surface area contributed by atoms with E-state index in [0.717, 1.165) is 12.2 Å². The molecule has 1 aromatic heterocycles. The fourth-order valence-corrected chi connectivity index (χ4v) is 2.19. The molecule has 0 atom stereocenters. The Bertz CT molecular complexity index is 587. The Labute approximate surface area is 126 Å². The molecule has 3 nitrogen and oxygen atoms in total. The first kappa shape index (κ1) is 14.3. The molecule has 1 aromatic carbocycles. The van der Waals surface area contributed by atoms with Crippen LogP contribution < -0.4 is 10.6 Å². The summed E-state index contributed by atoms with van der Waals surface area (Å²) >= 11 is 18.3. The highest BCUT2D eigenvalue weighted by molar-refractivity contribution is 6.37. The monoisotopic (exact) mass is 315 g/mol. The fourth-order valence-electron chi connectivity index (χ4n) is 1.54. The second-order valence-electron chi connectivity index (χ2n) is 3.78. The van der Waals surface area contributed by atoms with Gasteiger partial charge in [0.1, 0.15) is 5.82 Å². The number of pyridine rings is 1. The first-order chi connectivity index (χ1) is 9.11. The summed E-state index contributed by atoms with van der Waals surface area (Å²) in [5.41, 5.74) is 0.739. The highest BCUT2D eigenvalue weighted by Gasteiger charge is 2.10. The lowest BCUT2D eigenvalue weighted by Gasteiger charge is -2.12. The molecule has 19 heavy (non-hydrogen) atoms. The number of rotatable bonds is 4. The van der Waals surface area contributed by atoms with E-state index in [-0.39, 0.29) is 0 Å². The van der Waals surface area contributed by atoms with Crippen LogP contribution in [0.15, 0.2) is 30.3 Å². The van der Waals surface area contributed by atoms with Gasteiger partial charge < -0.3 is 10.6 Å². The molecule has 1 heterocycles. The largest absolute Gasteiger partial charge is 0.369 e. The van der Waals surface area contributed by atoms with Crippen molar-refractivity contribution in [3.8, 4) is 0 Å². The number of benzene rings is 1. The van der Waals surface area contributed by atoms with Crippen molar-refractivity contribution in [1.82, 2.24) is 4.98 Å². The van der Waals surface area contributed by atoms with E-state index >= 15 is 0 Å². The average molecular weight is 317 g/mol. The standard InChI is InChI=1S/C13H12Cl3N3/c1-2-17-12-9(15)7-10(16)13(19-12)18-11-6-4-3-5-8(11)14/h3-7H,2H2,1H3,(H2,17,18,19). The molecular weight excluding hydrogens is 305 g/mol. The molecule has 2 rings (SSSR count). The summed E-state index contributed by atoms with van der Waals surface area (Å²) in [5.74, 6) is 1.10. The van der Waals surface area contributed by atoms with Crippen LogP contribution in [-0.2, 0) is 0 Å². The molecule has 0 aliphatic heterocycles. The summed E-state index contributed by atoms with van der Waals surface area (Å²) < 4.78 is 0. The third-order valence-corrected chi connectivity index (χ3v) is 3.31. The van der Waals surface area contributed by atoms with Crippen LogP contribution in [0.5, 0.6) is 0 Å². The van der Waals surface area contributed by atoms with Gasteiger partial charge in [-0.3, -0.25) is 0 Å². The molecule has 6 heteroatoms. The molecule has 0 unspecified atom stereocenters. The first-order valence-corrected chi connectivity index (χ1v) is 6.86. The molecule has 0 fully saturated rings. The second-order valence-corrected chi connectivity index (χ2v) is 5.01. The molecule has 0 saturated heterocycles. The lowest BCUT2D eigenvalue weighted by Crippen LogP contribution is -2.03. The number of anilines is 3. The van der Waals surface area contributed by atoms with Crippen molar-refractivity contribution in [2.45, 2.75) is 6.92 Å². The van der Waals surface area contributed by atoms with Crippen LogP contribution >= 0.6 is 34.8 Å². The minimum atomic E-state index is 0.437. The molecule has 0 aliphatic rings. The Morgan fingerprint density at radius 3 is 2.37 bits per heavy atom. The van der Waals surface area contributed by atoms with Crippen molar-refractivity contribution < 1.29 is 0 Å². The molecule has 0 spiro atoms. The summed E-state index contributed by atoms with van der Waals surface area (Å²) in [6.07, 6.45) is 0. The Morgan fingerprint density at radius 2 is 1.68 bits per heavy atom. The Hall–Kier alpha value is -1.16. The van der Waals surface area contributed by atoms with Crippen LogP contribution in [0.3, 0.4) is 0 Å². The Kier molecular flexibility index (Phi) is 4.75. The normalized spacial score (nSPS) is 10.3. The number of hydrogen-bond acceptors (Lipinski definition) is 3. The molecule has 0 amide bonds. The summed E-state index contributed by atoms with van der Waals surface area (Å²) in [5, 5.41) is 7.68. The Balaban J connectivity index is 2.34. The van der Waals surface area contributed by atoms with Gasteiger partial charge in [-0.1, -0.05) is 46.9 Å². The van der Waals surface area contributed by atoms with E-state index in [2.05, 4.69) is 15.6 Å². The van der Waals surface area contributed by atoms with Gasteiger partial charge >= 0.3 is 0 Å². The van der Waals surface area contributed by atoms with Gasteiger partial charge in [0.25, 0.3) is 0 Å². The van der Waals surface area contributed by atoms with Gasteiger partial charge in [0, 0.05) is 6.54 Å². The zero-order valence-corrected chi connectivity index (χ0v) is 12.4. The van der Waals surface area contributed by atoms with E-state index in [9.17, 15) is 0 Å². The summed E-state index contributed by atoms with van der Waals surface area (Å²) in [6.45, 7) is 2.69. The highest BCUT2D eigenvalue weighted by Crippen LogP contribution is 2.32. The van der Waals surface area contributed by atoms with Gasteiger partial charge in [-0.25, -0.2) is 4.98 Å². The van der Waals surface area contributed by atoms with E-state index in [1.807, 2.05) is 25.1 Å². The fraction of sp³-hybridized carbons (Fsp3) is 0.154. The summed E-state index contributed by atoms with van der Waals surface area (Å²) in [7, 11) is 0. The van der Waals surface area contributed by atoms with Crippen molar-refractivity contribution in [2.24, 2.45) is 0 Å². The summed E-state index contributed by atoms with van der Waals surface area (Å²) in [6, 6.07) is 9.02. The quantitative estimate of drug-likeness (QED) is 0.812. The molecule has 0 radical (unpaired) electrons. The topological polar surface area (TPSA) is 37.0 Å². The number of hydrogen-bond donors (Lipinski definition) is 2. The van der Waals surface area contributed by atoms with E-state index < -0.39 is 0 Å². The average Bonchev–Trinajstić information content (AvgIpc) is 2.38. The van der Waals surface area contributed by atoms with Crippen LogP contribution in [0.4, 0.5) is 17.3 Å². The minimum Gasteiger partial charge on any atom is -0.369 e. The maximum absolute atomic E-state index is 6.12. The zero-order chi connectivity index (χ0) is 13.8. The zero-order valence-electron chi connectivity index (χ0n) is 10.2. The maximum Gasteiger partial charge on any atom is 0.151 e. The SMILES string of the molecule is CCNc1nc(Nc2ccccc2Cl)c(Cl)cc1Cl. The van der Waals surface area contributed by atoms with Gasteiger partial charge in [0.2, 0.25) is 0 Å². The van der Waals surface area contributed by atoms with Gasteiger partial charge in [-0.15, -0.1) is 0 Å². The number of aromatic nitrogens is 1. The van der Waals surface area contributed by atoms with Crippen molar-refractivity contribution >= 4 is 52.1 Å². The minimum absolute atomic E-state index is 0.437. The Morgan fingerprint density at radius 1 is 1.00 bits per heavy atom. The molecule has 2 N–H and O–H groups in total. The van der Waals surface area contributed by atoms with E-state index in [1.54, 1.807) is 12.1 Å². The predicted octanol–water partition coefficient (Wildman–Crippen LogP) is 5.22. The van der Waals surface area contributed by atoms with Crippen LogP contribution in [0.1, 0.15) is 6.92 Å². The molecule has 2 aromatic rings. The van der Waals surface area contributed by atoms with Crippen molar-refractivity contribution in [1.29, 1.82) is 0 Å². The highest BCUT2D eigenvalue weighted by atomic mass is 35.5. The lowest BCUT2D eigenvalue weighted by atomic mass is 10.3. The van der Waals surface area contributed by atoms with E-state index in [0.29, 0.717) is 26.7 Å². The van der Waals surface area contributed by atoms with Crippen LogP contribution in [0, 0.1) is 0 Å². The smallest absolute Gasteiger partial charge is 0.151 e. The van der Waals surface area contributed by atoms with Crippen molar-refractivity contribution in [2.75, 3.05) is 17.2 Å². The number of para-hydroxylation sites is 1. The van der Waals surface area contributed by atoms with Crippen LogP contribution in [-0.4, -0.2) is 11.5 Å². The van der Waals surface area contributed by atoms with Gasteiger partial charge in [-0.05, 0) is 25.1 Å². The maximum atomic E-state index is 6.12. The van der Waals surface area contributed by atoms with Crippen LogP contribution in [0.2, 0.25) is 15.1 Å². The van der Waals surface area contributed by atoms with E-state index in [4.69, 9.17) is 34.8 Å². The first-order valence-electron chi connectivity index (χ1n) is 5.73. The number of nitrogens with zero attached hydrogens (tertiary/aromatic N) is 1. The predicted molar refractivity (Wildman–Crippen MR) is 83.2 cm³/mol. The number of nitrogens with one attached hydrogen (secondary N) is 2. The van der Waals surface area contributed by atoms with Gasteiger partial charge in [0.15, 0.2) is 5.82 Å². The van der Waals surface area contributed by atoms with Gasteiger partial charge in [-0.2, -0.15) is 0 Å². The molecule has 100 valence electrons. The number of halogens is 3. The third-order valence-electron chi connectivity index (χ3n) is 2.40. The molecule has 0 bridgehead atoms. The second kappa shape index (κ2) is 6.33. The molecule has 0 saturated carbocycles. The molecule has 0 aliphatic carbocycles. The van der Waals surface area contributed by atoms with Crippen molar-refractivity contribution in [3.05, 3.63) is 45.4 Å². The van der Waals surface area contributed by atoms with Crippen molar-refractivity contribution in [3.63, 3.8) is 0 Å². The third kappa shape index (κ3) is 3.44. The molecular formula is C13H12Cl3N3.